The van der Waals surface area contributed by atoms with E-state index in [1.807, 2.05) is 0 Å². The Morgan fingerprint density at radius 2 is 2.10 bits per heavy atom. The molecule has 13 heteroatoms. The third-order valence-corrected chi connectivity index (χ3v) is 4.52. The number of nitrogens with one attached hydrogen (secondary N) is 1. The number of anilines is 1. The summed E-state index contributed by atoms with van der Waals surface area (Å²) in [5.41, 5.74) is 1.97. The highest BCUT2D eigenvalue weighted by molar-refractivity contribution is 5.97. The number of carbonyl (C=O) groups is 1. The van der Waals surface area contributed by atoms with Crippen LogP contribution in [0.4, 0.5) is 32.1 Å². The zero-order valence-corrected chi connectivity index (χ0v) is 15.3. The molecule has 0 aromatic heterocycles. The number of nitrogens with two attached hydrogens (primary N) is 1. The van der Waals surface area contributed by atoms with E-state index < -0.39 is 53.1 Å². The molecule has 0 saturated heterocycles. The van der Waals surface area contributed by atoms with Crippen molar-refractivity contribution in [2.24, 2.45) is 15.7 Å². The van der Waals surface area contributed by atoms with Gasteiger partial charge in [-0.3, -0.25) is 9.79 Å². The number of amides is 1. The first-order valence-corrected chi connectivity index (χ1v) is 8.41. The Hall–Kier alpha value is -3.25. The van der Waals surface area contributed by atoms with Crippen LogP contribution in [0.25, 0.3) is 0 Å². The molecule has 30 heavy (non-hydrogen) atoms. The lowest BCUT2D eigenvalue weighted by Gasteiger charge is -2.33. The van der Waals surface area contributed by atoms with Gasteiger partial charge in [0.05, 0.1) is 5.57 Å². The molecule has 0 saturated carbocycles. The number of hydrogen-bond donors (Lipinski definition) is 2. The number of carbonyl (C=O) groups excluding carboxylic acids is 1. The Balaban J connectivity index is 1.83. The highest BCUT2D eigenvalue weighted by Crippen LogP contribution is 2.37. The molecule has 0 bridgehead atoms. The molecule has 1 amide bonds. The van der Waals surface area contributed by atoms with Crippen molar-refractivity contribution >= 4 is 23.8 Å². The van der Waals surface area contributed by atoms with E-state index in [0.717, 1.165) is 18.2 Å². The second-order valence-corrected chi connectivity index (χ2v) is 6.64. The van der Waals surface area contributed by atoms with Crippen LogP contribution in [0.5, 0.6) is 0 Å². The van der Waals surface area contributed by atoms with Crippen molar-refractivity contribution in [1.29, 1.82) is 0 Å². The highest BCUT2D eigenvalue weighted by atomic mass is 19.4. The van der Waals surface area contributed by atoms with Gasteiger partial charge in [-0.1, -0.05) is 4.48 Å². The number of benzene rings is 1. The lowest BCUT2D eigenvalue weighted by molar-refractivity contribution is -0.126. The quantitative estimate of drug-likeness (QED) is 0.564. The summed E-state index contributed by atoms with van der Waals surface area (Å²) < 4.78 is 85.3. The van der Waals surface area contributed by atoms with Gasteiger partial charge < -0.3 is 15.8 Å². The van der Waals surface area contributed by atoms with E-state index in [0.29, 0.717) is 6.21 Å². The maximum Gasteiger partial charge on any atom is 0.419 e. The Morgan fingerprint density at radius 3 is 2.73 bits per heavy atom. The van der Waals surface area contributed by atoms with E-state index in [4.69, 9.17) is 10.5 Å². The zero-order valence-electron chi connectivity index (χ0n) is 15.3. The van der Waals surface area contributed by atoms with Crippen LogP contribution in [0.1, 0.15) is 12.5 Å². The monoisotopic (exact) mass is 435 g/mol. The van der Waals surface area contributed by atoms with Crippen molar-refractivity contribution in [3.05, 3.63) is 41.4 Å². The molecular weight excluding hydrogens is 420 g/mol. The number of allylic oxidation sites excluding steroid dienone is 1. The van der Waals surface area contributed by atoms with Crippen molar-refractivity contribution in [2.45, 2.75) is 31.0 Å². The second-order valence-electron chi connectivity index (χ2n) is 6.64. The summed E-state index contributed by atoms with van der Waals surface area (Å²) in [5.74, 6) is -1.99. The minimum Gasteiger partial charge on any atom is -0.462 e. The molecule has 3 N–H and O–H groups in total. The summed E-state index contributed by atoms with van der Waals surface area (Å²) in [5, 5.41) is 1.69. The summed E-state index contributed by atoms with van der Waals surface area (Å²) in [4.78, 5) is 19.3. The molecule has 3 rings (SSSR count). The molecule has 2 aliphatic rings. The van der Waals surface area contributed by atoms with Crippen molar-refractivity contribution in [1.82, 2.24) is 5.12 Å². The fraction of sp³-hybridized carbons (Fsp3) is 0.353. The smallest absolute Gasteiger partial charge is 0.419 e. The maximum atomic E-state index is 14.4. The van der Waals surface area contributed by atoms with Gasteiger partial charge in [0.25, 0.3) is 11.9 Å². The highest BCUT2D eigenvalue weighted by Gasteiger charge is 2.43. The van der Waals surface area contributed by atoms with Crippen LogP contribution in [0.15, 0.2) is 40.0 Å². The molecule has 1 aromatic rings. The summed E-state index contributed by atoms with van der Waals surface area (Å²) >= 11 is 0. The SMILES string of the molecule is C[C@]1(c2cc(NC(=O)C3N=CC(C(F)(F)F)=CN3F)ccc2F)N=C(N)OC[C@@H]1F. The largest absolute Gasteiger partial charge is 0.462 e. The predicted octanol–water partition coefficient (Wildman–Crippen LogP) is 2.71. The molecule has 162 valence electrons. The first-order valence-electron chi connectivity index (χ1n) is 8.41. The van der Waals surface area contributed by atoms with Crippen LogP contribution in [0.2, 0.25) is 0 Å². The molecule has 0 radical (unpaired) electrons. The average molecular weight is 435 g/mol. The van der Waals surface area contributed by atoms with Crippen LogP contribution < -0.4 is 11.1 Å². The van der Waals surface area contributed by atoms with E-state index >= 15 is 0 Å². The van der Waals surface area contributed by atoms with Crippen LogP contribution in [0, 0.1) is 5.82 Å². The minimum absolute atomic E-state index is 0.0840. The Morgan fingerprint density at radius 1 is 1.40 bits per heavy atom. The molecule has 1 unspecified atom stereocenters. The van der Waals surface area contributed by atoms with Gasteiger partial charge in [0.2, 0.25) is 6.17 Å². The number of rotatable bonds is 3. The molecule has 3 atom stereocenters. The topological polar surface area (TPSA) is 92.3 Å². The Kier molecular flexibility index (Phi) is 5.39. The van der Waals surface area contributed by atoms with E-state index in [2.05, 4.69) is 15.3 Å². The van der Waals surface area contributed by atoms with Crippen LogP contribution in [-0.2, 0) is 15.1 Å². The zero-order chi connectivity index (χ0) is 22.3. The molecule has 1 aromatic carbocycles. The first-order chi connectivity index (χ1) is 13.9. The second kappa shape index (κ2) is 7.54. The summed E-state index contributed by atoms with van der Waals surface area (Å²) in [6.45, 7) is 0.804. The Bertz CT molecular complexity index is 947. The third kappa shape index (κ3) is 4.04. The predicted molar refractivity (Wildman–Crippen MR) is 94.2 cm³/mol. The standard InChI is InChI=1S/C17H15F6N5O2/c1-16(12(19)7-30-15(24)27-16)10-4-9(2-3-11(10)18)26-14(29)13-25-5-8(6-28(13)23)17(20,21)22/h2-6,12-13H,7H2,1H3,(H2,24,27)(H,26,29)/t12-,13?,16+/m0/s1. The fourth-order valence-corrected chi connectivity index (χ4v) is 2.86. The van der Waals surface area contributed by atoms with Crippen molar-refractivity contribution < 1.29 is 36.0 Å². The van der Waals surface area contributed by atoms with Gasteiger partial charge in [-0.15, -0.1) is 0 Å². The molecule has 0 fully saturated rings. The number of ether oxygens (including phenoxy) is 1. The fourth-order valence-electron chi connectivity index (χ4n) is 2.86. The van der Waals surface area contributed by atoms with Gasteiger partial charge in [0, 0.05) is 23.7 Å². The number of halogens is 6. The molecule has 2 heterocycles. The molecular formula is C17H15F6N5O2. The van der Waals surface area contributed by atoms with E-state index in [9.17, 15) is 31.2 Å². The maximum absolute atomic E-state index is 14.4. The third-order valence-electron chi connectivity index (χ3n) is 4.52. The van der Waals surface area contributed by atoms with Gasteiger partial charge in [-0.25, -0.2) is 13.8 Å². The van der Waals surface area contributed by atoms with Gasteiger partial charge in [-0.05, 0) is 25.1 Å². The van der Waals surface area contributed by atoms with Gasteiger partial charge in [-0.2, -0.15) is 18.3 Å². The summed E-state index contributed by atoms with van der Waals surface area (Å²) in [6, 6.07) is 2.74. The molecule has 2 aliphatic heterocycles. The number of aliphatic imine (C=N–C) groups is 2. The number of hydrogen-bond acceptors (Lipinski definition) is 6. The first kappa shape index (κ1) is 21.5. The molecule has 0 spiro atoms. The van der Waals surface area contributed by atoms with E-state index in [1.54, 1.807) is 0 Å². The van der Waals surface area contributed by atoms with Crippen molar-refractivity contribution in [3.8, 4) is 0 Å². The van der Waals surface area contributed by atoms with E-state index in [-0.39, 0.29) is 23.5 Å². The van der Waals surface area contributed by atoms with E-state index in [1.165, 1.54) is 6.92 Å². The van der Waals surface area contributed by atoms with Crippen LogP contribution in [0.3, 0.4) is 0 Å². The number of amidine groups is 1. The van der Waals surface area contributed by atoms with Crippen LogP contribution in [-0.4, -0.2) is 48.4 Å². The molecule has 0 aliphatic carbocycles. The molecule has 7 nitrogen and oxygen atoms in total. The van der Waals surface area contributed by atoms with Crippen molar-refractivity contribution in [2.75, 3.05) is 11.9 Å². The Labute approximate surface area is 165 Å². The number of alkyl halides is 4. The average Bonchev–Trinajstić information content (AvgIpc) is 2.65. The van der Waals surface area contributed by atoms with Gasteiger partial charge in [0.15, 0.2) is 6.17 Å². The number of nitrogens with zero attached hydrogens (tertiary/aromatic N) is 3. The van der Waals surface area contributed by atoms with Gasteiger partial charge in [0.1, 0.15) is 18.0 Å². The normalized spacial score (nSPS) is 26.6. The van der Waals surface area contributed by atoms with Crippen LogP contribution >= 0.6 is 0 Å². The van der Waals surface area contributed by atoms with Crippen molar-refractivity contribution in [3.63, 3.8) is 0 Å². The van der Waals surface area contributed by atoms with Gasteiger partial charge >= 0.3 is 6.18 Å². The summed E-state index contributed by atoms with van der Waals surface area (Å²) in [6.07, 6.45) is -8.14. The minimum atomic E-state index is -4.84. The summed E-state index contributed by atoms with van der Waals surface area (Å²) in [7, 11) is 0. The lowest BCUT2D eigenvalue weighted by Crippen LogP contribution is -2.44. The lowest BCUT2D eigenvalue weighted by atomic mass is 9.86.